The van der Waals surface area contributed by atoms with Gasteiger partial charge in [-0.25, -0.2) is 0 Å². The molecule has 0 atom stereocenters. The van der Waals surface area contributed by atoms with E-state index in [0.717, 1.165) is 23.1 Å². The van der Waals surface area contributed by atoms with Gasteiger partial charge in [-0.1, -0.05) is 19.1 Å². The lowest BCUT2D eigenvalue weighted by Gasteiger charge is -2.08. The zero-order chi connectivity index (χ0) is 11.8. The van der Waals surface area contributed by atoms with E-state index in [2.05, 4.69) is 26.6 Å². The first-order valence-corrected chi connectivity index (χ1v) is 6.28. The summed E-state index contributed by atoms with van der Waals surface area (Å²) in [6.45, 7) is 3.45. The molecular weight excluding hydrogens is 268 g/mol. The number of hydrogen-bond acceptors (Lipinski definition) is 2. The lowest BCUT2D eigenvalue weighted by atomic mass is 10.3. The molecule has 1 aromatic rings. The smallest absolute Gasteiger partial charge is 0.221 e. The van der Waals surface area contributed by atoms with Crippen LogP contribution in [0.5, 0.6) is 0 Å². The number of hydrogen-bond donors (Lipinski definition) is 2. The molecule has 3 nitrogen and oxygen atoms in total. The van der Waals surface area contributed by atoms with E-state index < -0.39 is 0 Å². The van der Waals surface area contributed by atoms with Crippen molar-refractivity contribution in [3.8, 4) is 0 Å². The van der Waals surface area contributed by atoms with E-state index in [-0.39, 0.29) is 5.91 Å². The number of nitrogens with one attached hydrogen (secondary N) is 2. The molecule has 2 N–H and O–H groups in total. The highest BCUT2D eigenvalue weighted by Crippen LogP contribution is 2.20. The van der Waals surface area contributed by atoms with E-state index in [9.17, 15) is 4.79 Å². The van der Waals surface area contributed by atoms with Gasteiger partial charge in [0.05, 0.1) is 0 Å². The summed E-state index contributed by atoms with van der Waals surface area (Å²) in [6, 6.07) is 7.88. The maximum atomic E-state index is 11.3. The van der Waals surface area contributed by atoms with Gasteiger partial charge in [0.25, 0.3) is 0 Å². The summed E-state index contributed by atoms with van der Waals surface area (Å²) in [7, 11) is 0. The van der Waals surface area contributed by atoms with E-state index >= 15 is 0 Å². The zero-order valence-corrected chi connectivity index (χ0v) is 11.0. The second-order valence-corrected chi connectivity index (χ2v) is 4.36. The lowest BCUT2D eigenvalue weighted by molar-refractivity contribution is -0.120. The van der Waals surface area contributed by atoms with Crippen molar-refractivity contribution in [2.45, 2.75) is 19.8 Å². The van der Waals surface area contributed by atoms with Crippen molar-refractivity contribution in [3.63, 3.8) is 0 Å². The summed E-state index contributed by atoms with van der Waals surface area (Å²) in [5.74, 6) is 0.0985. The third kappa shape index (κ3) is 4.66. The van der Waals surface area contributed by atoms with Gasteiger partial charge < -0.3 is 10.6 Å². The normalized spacial score (nSPS) is 9.88. The van der Waals surface area contributed by atoms with Crippen LogP contribution < -0.4 is 10.6 Å². The van der Waals surface area contributed by atoms with Crippen LogP contribution in [0.25, 0.3) is 0 Å². The molecule has 1 amide bonds. The van der Waals surface area contributed by atoms with Crippen molar-refractivity contribution < 1.29 is 4.79 Å². The Kier molecular flexibility index (Phi) is 5.93. The minimum absolute atomic E-state index is 0.0985. The Morgan fingerprint density at radius 3 is 2.75 bits per heavy atom. The molecule has 0 fully saturated rings. The van der Waals surface area contributed by atoms with Gasteiger partial charge in [-0.15, -0.1) is 0 Å². The van der Waals surface area contributed by atoms with Crippen LogP contribution in [-0.4, -0.2) is 19.0 Å². The predicted molar refractivity (Wildman–Crippen MR) is 70.5 cm³/mol. The van der Waals surface area contributed by atoms with Crippen LogP contribution in [0.1, 0.15) is 19.8 Å². The molecule has 0 spiro atoms. The predicted octanol–water partition coefficient (Wildman–Crippen LogP) is 2.78. The number of benzene rings is 1. The average Bonchev–Trinajstić information content (AvgIpc) is 2.29. The van der Waals surface area contributed by atoms with Crippen molar-refractivity contribution in [1.82, 2.24) is 5.32 Å². The minimum atomic E-state index is 0.0985. The van der Waals surface area contributed by atoms with Gasteiger partial charge >= 0.3 is 0 Å². The van der Waals surface area contributed by atoms with Gasteiger partial charge in [-0.2, -0.15) is 0 Å². The topological polar surface area (TPSA) is 41.1 Å². The van der Waals surface area contributed by atoms with E-state index in [1.54, 1.807) is 0 Å². The van der Waals surface area contributed by atoms with Gasteiger partial charge in [0, 0.05) is 29.7 Å². The largest absolute Gasteiger partial charge is 0.384 e. The second-order valence-electron chi connectivity index (χ2n) is 3.51. The van der Waals surface area contributed by atoms with E-state index in [1.807, 2.05) is 31.2 Å². The van der Waals surface area contributed by atoms with Crippen molar-refractivity contribution in [2.75, 3.05) is 18.4 Å². The highest BCUT2D eigenvalue weighted by atomic mass is 79.9. The number of amides is 1. The molecule has 88 valence electrons. The maximum absolute atomic E-state index is 11.3. The summed E-state index contributed by atoms with van der Waals surface area (Å²) < 4.78 is 1.02. The van der Waals surface area contributed by atoms with Crippen molar-refractivity contribution >= 4 is 27.5 Å². The molecular formula is C12H17BrN2O. The first-order valence-electron chi connectivity index (χ1n) is 5.49. The molecule has 0 saturated heterocycles. The fraction of sp³-hybridized carbons (Fsp3) is 0.417. The fourth-order valence-electron chi connectivity index (χ4n) is 1.27. The third-order valence-corrected chi connectivity index (χ3v) is 2.81. The van der Waals surface area contributed by atoms with Crippen LogP contribution in [0, 0.1) is 0 Å². The Balaban J connectivity index is 2.25. The molecule has 0 aliphatic heterocycles. The standard InChI is InChI=1S/C12H17BrN2O/c1-2-8-15-12(16)7-9-14-11-6-4-3-5-10(11)13/h3-6,14H,2,7-9H2,1H3,(H,15,16). The highest BCUT2D eigenvalue weighted by molar-refractivity contribution is 9.10. The first-order chi connectivity index (χ1) is 7.74. The number of halogens is 1. The minimum Gasteiger partial charge on any atom is -0.384 e. The molecule has 0 heterocycles. The summed E-state index contributed by atoms with van der Waals surface area (Å²) in [6.07, 6.45) is 1.48. The Morgan fingerprint density at radius 2 is 2.06 bits per heavy atom. The van der Waals surface area contributed by atoms with E-state index in [0.29, 0.717) is 13.0 Å². The second kappa shape index (κ2) is 7.28. The van der Waals surface area contributed by atoms with Gasteiger partial charge in [-0.05, 0) is 34.5 Å². The van der Waals surface area contributed by atoms with Gasteiger partial charge in [0.15, 0.2) is 0 Å². The quantitative estimate of drug-likeness (QED) is 0.844. The lowest BCUT2D eigenvalue weighted by Crippen LogP contribution is -2.25. The van der Waals surface area contributed by atoms with Gasteiger partial charge in [0.1, 0.15) is 0 Å². The molecule has 0 aliphatic rings. The van der Waals surface area contributed by atoms with Crippen LogP contribution in [-0.2, 0) is 4.79 Å². The molecule has 1 rings (SSSR count). The van der Waals surface area contributed by atoms with Gasteiger partial charge in [0.2, 0.25) is 5.91 Å². The van der Waals surface area contributed by atoms with Crippen LogP contribution in [0.3, 0.4) is 0 Å². The fourth-order valence-corrected chi connectivity index (χ4v) is 1.69. The summed E-state index contributed by atoms with van der Waals surface area (Å²) in [5, 5.41) is 6.06. The molecule has 4 heteroatoms. The summed E-state index contributed by atoms with van der Waals surface area (Å²) >= 11 is 3.44. The molecule has 16 heavy (non-hydrogen) atoms. The molecule has 0 unspecified atom stereocenters. The highest BCUT2D eigenvalue weighted by Gasteiger charge is 2.01. The first kappa shape index (κ1) is 13.0. The molecule has 1 aromatic carbocycles. The SMILES string of the molecule is CCCNC(=O)CCNc1ccccc1Br. The van der Waals surface area contributed by atoms with Gasteiger partial charge in [-0.3, -0.25) is 4.79 Å². The number of carbonyl (C=O) groups excluding carboxylic acids is 1. The number of carbonyl (C=O) groups is 1. The number of anilines is 1. The monoisotopic (exact) mass is 284 g/mol. The Labute approximate surface area is 105 Å². The van der Waals surface area contributed by atoms with Crippen LogP contribution >= 0.6 is 15.9 Å². The summed E-state index contributed by atoms with van der Waals surface area (Å²) in [5.41, 5.74) is 1.02. The Hall–Kier alpha value is -1.03. The zero-order valence-electron chi connectivity index (χ0n) is 9.42. The molecule has 0 aromatic heterocycles. The third-order valence-electron chi connectivity index (χ3n) is 2.11. The molecule has 0 bridgehead atoms. The van der Waals surface area contributed by atoms with Crippen LogP contribution in [0.2, 0.25) is 0 Å². The number of para-hydroxylation sites is 1. The van der Waals surface area contributed by atoms with Crippen LogP contribution in [0.15, 0.2) is 28.7 Å². The van der Waals surface area contributed by atoms with E-state index in [4.69, 9.17) is 0 Å². The Bertz CT molecular complexity index is 342. The van der Waals surface area contributed by atoms with Crippen molar-refractivity contribution in [3.05, 3.63) is 28.7 Å². The van der Waals surface area contributed by atoms with Crippen LogP contribution in [0.4, 0.5) is 5.69 Å². The van der Waals surface area contributed by atoms with Crippen molar-refractivity contribution in [1.29, 1.82) is 0 Å². The van der Waals surface area contributed by atoms with Crippen molar-refractivity contribution in [2.24, 2.45) is 0 Å². The average molecular weight is 285 g/mol. The molecule has 0 saturated carbocycles. The van der Waals surface area contributed by atoms with E-state index in [1.165, 1.54) is 0 Å². The molecule has 0 aliphatic carbocycles. The maximum Gasteiger partial charge on any atom is 0.221 e. The number of rotatable bonds is 6. The summed E-state index contributed by atoms with van der Waals surface area (Å²) in [4.78, 5) is 11.3. The Morgan fingerprint density at radius 1 is 1.31 bits per heavy atom. The molecule has 0 radical (unpaired) electrons.